The Morgan fingerprint density at radius 3 is 2.85 bits per heavy atom. The lowest BCUT2D eigenvalue weighted by Crippen LogP contribution is -2.44. The lowest BCUT2D eigenvalue weighted by Gasteiger charge is -2.21. The third-order valence-corrected chi connectivity index (χ3v) is 3.63. The van der Waals surface area contributed by atoms with Gasteiger partial charge in [-0.05, 0) is 30.9 Å². The third-order valence-electron chi connectivity index (χ3n) is 3.63. The molecule has 0 unspecified atom stereocenters. The van der Waals surface area contributed by atoms with Gasteiger partial charge in [-0.25, -0.2) is 0 Å². The molecule has 20 heavy (non-hydrogen) atoms. The molecular weight excluding hydrogens is 250 g/mol. The number of hydrogen-bond acceptors (Lipinski definition) is 2. The van der Waals surface area contributed by atoms with E-state index in [1.807, 2.05) is 37.4 Å². The van der Waals surface area contributed by atoms with Crippen molar-refractivity contribution >= 4 is 16.8 Å². The van der Waals surface area contributed by atoms with Gasteiger partial charge in [0, 0.05) is 24.7 Å². The molecule has 2 aromatic rings. The molecule has 0 spiro atoms. The third kappa shape index (κ3) is 3.00. The van der Waals surface area contributed by atoms with Gasteiger partial charge in [-0.15, -0.1) is 0 Å². The maximum absolute atomic E-state index is 11.9. The number of aryl methyl sites for hydroxylation is 1. The van der Waals surface area contributed by atoms with Crippen LogP contribution in [0, 0.1) is 11.3 Å². The highest BCUT2D eigenvalue weighted by molar-refractivity contribution is 5.81. The number of rotatable bonds is 5. The van der Waals surface area contributed by atoms with Gasteiger partial charge in [0.25, 0.3) is 0 Å². The molecule has 2 rings (SSSR count). The Hall–Kier alpha value is -2.28. The molecule has 0 bridgehead atoms. The van der Waals surface area contributed by atoms with Crippen LogP contribution in [0.5, 0.6) is 0 Å². The maximum atomic E-state index is 11.9. The molecule has 0 fully saturated rings. The number of nitrogens with zero attached hydrogens (tertiary/aromatic N) is 2. The first kappa shape index (κ1) is 14.1. The van der Waals surface area contributed by atoms with E-state index in [0.717, 1.165) is 5.52 Å². The molecule has 4 heteroatoms. The monoisotopic (exact) mass is 269 g/mol. The van der Waals surface area contributed by atoms with Gasteiger partial charge in [0.05, 0.1) is 6.07 Å². The van der Waals surface area contributed by atoms with E-state index >= 15 is 0 Å². The smallest absolute Gasteiger partial charge is 0.223 e. The molecule has 1 N–H and O–H groups in total. The number of nitriles is 1. The fourth-order valence-electron chi connectivity index (χ4n) is 2.12. The quantitative estimate of drug-likeness (QED) is 0.907. The van der Waals surface area contributed by atoms with E-state index in [-0.39, 0.29) is 5.91 Å². The van der Waals surface area contributed by atoms with E-state index < -0.39 is 5.54 Å². The first-order valence-corrected chi connectivity index (χ1v) is 6.84. The van der Waals surface area contributed by atoms with Crippen LogP contribution >= 0.6 is 0 Å². The molecular formula is C16H19N3O. The van der Waals surface area contributed by atoms with Crippen LogP contribution in [-0.2, 0) is 11.3 Å². The Bertz CT molecular complexity index is 653. The van der Waals surface area contributed by atoms with E-state index in [2.05, 4.69) is 22.0 Å². The largest absolute Gasteiger partial charge is 0.347 e. The van der Waals surface area contributed by atoms with Crippen molar-refractivity contribution in [1.29, 1.82) is 5.26 Å². The number of amides is 1. The standard InChI is InChI=1S/C16H19N3O/c1-3-16(2,12-17)18-15(20)9-11-19-10-8-13-6-4-5-7-14(13)19/h4-8,10H,3,9,11H2,1-2H3,(H,18,20)/t16-/m1/s1. The van der Waals surface area contributed by atoms with E-state index in [1.165, 1.54) is 5.39 Å². The summed E-state index contributed by atoms with van der Waals surface area (Å²) >= 11 is 0. The summed E-state index contributed by atoms with van der Waals surface area (Å²) in [7, 11) is 0. The zero-order chi connectivity index (χ0) is 14.6. The number of carbonyl (C=O) groups is 1. The van der Waals surface area contributed by atoms with Crippen molar-refractivity contribution < 1.29 is 4.79 Å². The fraction of sp³-hybridized carbons (Fsp3) is 0.375. The molecule has 104 valence electrons. The van der Waals surface area contributed by atoms with Crippen molar-refractivity contribution in [3.8, 4) is 6.07 Å². The van der Waals surface area contributed by atoms with Crippen LogP contribution in [0.2, 0.25) is 0 Å². The number of fused-ring (bicyclic) bond motifs is 1. The summed E-state index contributed by atoms with van der Waals surface area (Å²) in [6.07, 6.45) is 2.96. The minimum absolute atomic E-state index is 0.0892. The summed E-state index contributed by atoms with van der Waals surface area (Å²) in [5.74, 6) is -0.0892. The average molecular weight is 269 g/mol. The second kappa shape index (κ2) is 5.79. The van der Waals surface area contributed by atoms with Crippen LogP contribution in [0.25, 0.3) is 10.9 Å². The molecule has 0 aliphatic heterocycles. The zero-order valence-electron chi connectivity index (χ0n) is 11.9. The van der Waals surface area contributed by atoms with Gasteiger partial charge < -0.3 is 9.88 Å². The second-order valence-corrected chi connectivity index (χ2v) is 5.16. The molecule has 4 nitrogen and oxygen atoms in total. The van der Waals surface area contributed by atoms with Crippen LogP contribution in [0.4, 0.5) is 0 Å². The van der Waals surface area contributed by atoms with E-state index in [9.17, 15) is 4.79 Å². The van der Waals surface area contributed by atoms with E-state index in [4.69, 9.17) is 5.26 Å². The highest BCUT2D eigenvalue weighted by Gasteiger charge is 2.23. The molecule has 0 saturated heterocycles. The van der Waals surface area contributed by atoms with Gasteiger partial charge in [0.1, 0.15) is 5.54 Å². The molecule has 0 aliphatic rings. The van der Waals surface area contributed by atoms with Crippen molar-refractivity contribution in [2.45, 2.75) is 38.8 Å². The van der Waals surface area contributed by atoms with Crippen molar-refractivity contribution in [1.82, 2.24) is 9.88 Å². The molecule has 0 saturated carbocycles. The van der Waals surface area contributed by atoms with Gasteiger partial charge in [0.15, 0.2) is 0 Å². The lowest BCUT2D eigenvalue weighted by molar-refractivity contribution is -0.122. The summed E-state index contributed by atoms with van der Waals surface area (Å²) in [5.41, 5.74) is 0.356. The summed E-state index contributed by atoms with van der Waals surface area (Å²) in [4.78, 5) is 11.9. The summed E-state index contributed by atoms with van der Waals surface area (Å²) < 4.78 is 2.06. The first-order chi connectivity index (χ1) is 9.58. The molecule has 0 radical (unpaired) electrons. The number of nitrogens with one attached hydrogen (secondary N) is 1. The number of aromatic nitrogens is 1. The van der Waals surface area contributed by atoms with Crippen molar-refractivity contribution in [3.05, 3.63) is 36.5 Å². The van der Waals surface area contributed by atoms with Gasteiger partial charge in [-0.1, -0.05) is 25.1 Å². The Morgan fingerprint density at radius 2 is 2.15 bits per heavy atom. The predicted octanol–water partition coefficient (Wildman–Crippen LogP) is 2.84. The number of benzene rings is 1. The molecule has 1 aromatic carbocycles. The topological polar surface area (TPSA) is 57.8 Å². The van der Waals surface area contributed by atoms with Crippen LogP contribution in [0.15, 0.2) is 36.5 Å². The lowest BCUT2D eigenvalue weighted by atomic mass is 10.0. The summed E-state index contributed by atoms with van der Waals surface area (Å²) in [6.45, 7) is 4.25. The summed E-state index contributed by atoms with van der Waals surface area (Å²) in [5, 5.41) is 13.0. The Kier molecular flexibility index (Phi) is 4.09. The number of carbonyl (C=O) groups excluding carboxylic acids is 1. The highest BCUT2D eigenvalue weighted by atomic mass is 16.1. The number of para-hydroxylation sites is 1. The van der Waals surface area contributed by atoms with Crippen LogP contribution in [0.3, 0.4) is 0 Å². The van der Waals surface area contributed by atoms with Gasteiger partial charge >= 0.3 is 0 Å². The van der Waals surface area contributed by atoms with Crippen molar-refractivity contribution in [2.24, 2.45) is 0 Å². The Balaban J connectivity index is 1.99. The Labute approximate surface area is 119 Å². The molecule has 1 aromatic heterocycles. The summed E-state index contributed by atoms with van der Waals surface area (Å²) in [6, 6.07) is 12.3. The average Bonchev–Trinajstić information content (AvgIpc) is 2.88. The fourth-order valence-corrected chi connectivity index (χ4v) is 2.12. The molecule has 1 atom stereocenters. The van der Waals surface area contributed by atoms with Crippen LogP contribution in [-0.4, -0.2) is 16.0 Å². The molecule has 0 aliphatic carbocycles. The minimum atomic E-state index is -0.768. The van der Waals surface area contributed by atoms with Crippen LogP contribution in [0.1, 0.15) is 26.7 Å². The number of hydrogen-bond donors (Lipinski definition) is 1. The SMILES string of the molecule is CC[C@](C)(C#N)NC(=O)CCn1ccc2ccccc21. The first-order valence-electron chi connectivity index (χ1n) is 6.84. The van der Waals surface area contributed by atoms with Crippen LogP contribution < -0.4 is 5.32 Å². The van der Waals surface area contributed by atoms with Gasteiger partial charge in [-0.2, -0.15) is 5.26 Å². The van der Waals surface area contributed by atoms with Crippen molar-refractivity contribution in [3.63, 3.8) is 0 Å². The van der Waals surface area contributed by atoms with Gasteiger partial charge in [0.2, 0.25) is 5.91 Å². The van der Waals surface area contributed by atoms with E-state index in [0.29, 0.717) is 19.4 Å². The molecule has 1 amide bonds. The zero-order valence-corrected chi connectivity index (χ0v) is 11.9. The second-order valence-electron chi connectivity index (χ2n) is 5.16. The maximum Gasteiger partial charge on any atom is 0.223 e. The van der Waals surface area contributed by atoms with E-state index in [1.54, 1.807) is 6.92 Å². The van der Waals surface area contributed by atoms with Gasteiger partial charge in [-0.3, -0.25) is 4.79 Å². The molecule has 1 heterocycles. The minimum Gasteiger partial charge on any atom is -0.347 e. The Morgan fingerprint density at radius 1 is 1.40 bits per heavy atom. The predicted molar refractivity (Wildman–Crippen MR) is 79.0 cm³/mol. The van der Waals surface area contributed by atoms with Crippen molar-refractivity contribution in [2.75, 3.05) is 0 Å². The highest BCUT2D eigenvalue weighted by Crippen LogP contribution is 2.15. The normalized spacial score (nSPS) is 13.7.